The van der Waals surface area contributed by atoms with Crippen LogP contribution in [0, 0.1) is 0 Å². The minimum atomic E-state index is -1.07. The molecule has 0 saturated carbocycles. The quantitative estimate of drug-likeness (QED) is 0.725. The number of hydrogen-bond donors (Lipinski definition) is 1. The zero-order valence-corrected chi connectivity index (χ0v) is 7.67. The summed E-state index contributed by atoms with van der Waals surface area (Å²) < 4.78 is 10.3. The Hall–Kier alpha value is -2.04. The van der Waals surface area contributed by atoms with Gasteiger partial charge >= 0.3 is 5.97 Å². The number of fused-ring (bicyclic) bond motifs is 1. The van der Waals surface area contributed by atoms with E-state index in [1.807, 2.05) is 0 Å². The molecule has 0 amide bonds. The van der Waals surface area contributed by atoms with E-state index in [2.05, 4.69) is 0 Å². The Bertz CT molecular complexity index is 412. The van der Waals surface area contributed by atoms with Crippen LogP contribution in [0.2, 0.25) is 0 Å². The summed E-state index contributed by atoms with van der Waals surface area (Å²) in [4.78, 5) is 21.1. The Kier molecular flexibility index (Phi) is 2.29. The predicted molar refractivity (Wildman–Crippen MR) is 49.4 cm³/mol. The third-order valence-corrected chi connectivity index (χ3v) is 2.04. The second kappa shape index (κ2) is 3.61. The van der Waals surface area contributed by atoms with E-state index in [-0.39, 0.29) is 6.61 Å². The highest BCUT2D eigenvalue weighted by Crippen LogP contribution is 2.32. The molecule has 0 aliphatic carbocycles. The lowest BCUT2D eigenvalue weighted by atomic mass is 10.2. The highest BCUT2D eigenvalue weighted by atomic mass is 16.6. The fourth-order valence-corrected chi connectivity index (χ4v) is 1.28. The monoisotopic (exact) mass is 208 g/mol. The van der Waals surface area contributed by atoms with Crippen molar-refractivity contribution >= 4 is 12.3 Å². The zero-order valence-electron chi connectivity index (χ0n) is 7.67. The third kappa shape index (κ3) is 1.76. The minimum Gasteiger partial charge on any atom is -0.485 e. The Morgan fingerprint density at radius 3 is 2.93 bits per heavy atom. The van der Waals surface area contributed by atoms with Crippen molar-refractivity contribution in [2.24, 2.45) is 0 Å². The molecule has 1 unspecified atom stereocenters. The van der Waals surface area contributed by atoms with Gasteiger partial charge < -0.3 is 14.6 Å². The first-order chi connectivity index (χ1) is 7.20. The Morgan fingerprint density at radius 2 is 2.27 bits per heavy atom. The van der Waals surface area contributed by atoms with Gasteiger partial charge in [0, 0.05) is 5.56 Å². The largest absolute Gasteiger partial charge is 0.485 e. The first-order valence-corrected chi connectivity index (χ1v) is 4.32. The SMILES string of the molecule is O=Cc1ccc2c(c1)OCC(C(=O)O)O2. The van der Waals surface area contributed by atoms with Crippen molar-refractivity contribution in [2.75, 3.05) is 6.61 Å². The van der Waals surface area contributed by atoms with Crippen LogP contribution in [0.3, 0.4) is 0 Å². The second-order valence-corrected chi connectivity index (χ2v) is 3.08. The first-order valence-electron chi connectivity index (χ1n) is 4.32. The fraction of sp³-hybridized carbons (Fsp3) is 0.200. The van der Waals surface area contributed by atoms with Gasteiger partial charge in [-0.2, -0.15) is 0 Å². The van der Waals surface area contributed by atoms with E-state index in [0.717, 1.165) is 0 Å². The lowest BCUT2D eigenvalue weighted by Crippen LogP contribution is -2.36. The molecule has 5 nitrogen and oxygen atoms in total. The zero-order chi connectivity index (χ0) is 10.8. The number of ether oxygens (including phenoxy) is 2. The second-order valence-electron chi connectivity index (χ2n) is 3.08. The predicted octanol–water partition coefficient (Wildman–Crippen LogP) is 0.723. The first kappa shape index (κ1) is 9.51. The molecule has 1 aromatic carbocycles. The number of aliphatic carboxylic acids is 1. The van der Waals surface area contributed by atoms with Crippen LogP contribution in [-0.4, -0.2) is 30.1 Å². The van der Waals surface area contributed by atoms with E-state index in [1.165, 1.54) is 12.1 Å². The highest BCUT2D eigenvalue weighted by molar-refractivity contribution is 5.77. The number of hydrogen-bond acceptors (Lipinski definition) is 4. The van der Waals surface area contributed by atoms with Crippen LogP contribution < -0.4 is 9.47 Å². The molecule has 15 heavy (non-hydrogen) atoms. The lowest BCUT2D eigenvalue weighted by Gasteiger charge is -2.23. The molecule has 1 aromatic rings. The smallest absolute Gasteiger partial charge is 0.348 e. The highest BCUT2D eigenvalue weighted by Gasteiger charge is 2.26. The van der Waals surface area contributed by atoms with Crippen LogP contribution in [-0.2, 0) is 4.79 Å². The van der Waals surface area contributed by atoms with Crippen molar-refractivity contribution in [2.45, 2.75) is 6.10 Å². The Morgan fingerprint density at radius 1 is 1.47 bits per heavy atom. The molecule has 1 aliphatic rings. The number of carbonyl (C=O) groups is 2. The van der Waals surface area contributed by atoms with Crippen molar-refractivity contribution in [1.82, 2.24) is 0 Å². The van der Waals surface area contributed by atoms with Crippen LogP contribution in [0.15, 0.2) is 18.2 Å². The molecule has 0 aromatic heterocycles. The fourth-order valence-electron chi connectivity index (χ4n) is 1.28. The number of carboxylic acids is 1. The number of benzene rings is 1. The molecule has 0 bridgehead atoms. The molecule has 78 valence electrons. The molecule has 0 spiro atoms. The molecule has 5 heteroatoms. The summed E-state index contributed by atoms with van der Waals surface area (Å²) in [5.41, 5.74) is 0.464. The summed E-state index contributed by atoms with van der Waals surface area (Å²) in [6.45, 7) is -0.0509. The minimum absolute atomic E-state index is 0.0509. The average Bonchev–Trinajstić information content (AvgIpc) is 2.27. The molecule has 0 fully saturated rings. The summed E-state index contributed by atoms with van der Waals surface area (Å²) in [7, 11) is 0. The van der Waals surface area contributed by atoms with Gasteiger partial charge in [-0.25, -0.2) is 4.79 Å². The van der Waals surface area contributed by atoms with Gasteiger partial charge in [-0.3, -0.25) is 4.79 Å². The van der Waals surface area contributed by atoms with Crippen LogP contribution in [0.25, 0.3) is 0 Å². The van der Waals surface area contributed by atoms with Crippen molar-refractivity contribution in [3.8, 4) is 11.5 Å². The summed E-state index contributed by atoms with van der Waals surface area (Å²) >= 11 is 0. The van der Waals surface area contributed by atoms with Gasteiger partial charge in [0.05, 0.1) is 0 Å². The Labute approximate surface area is 85.2 Å². The van der Waals surface area contributed by atoms with Gasteiger partial charge in [-0.1, -0.05) is 0 Å². The summed E-state index contributed by atoms with van der Waals surface area (Å²) in [5.74, 6) is -0.323. The molecule has 1 N–H and O–H groups in total. The van der Waals surface area contributed by atoms with Crippen molar-refractivity contribution in [3.63, 3.8) is 0 Å². The molecule has 1 atom stereocenters. The molecule has 2 rings (SSSR count). The van der Waals surface area contributed by atoms with Gasteiger partial charge in [0.1, 0.15) is 12.9 Å². The standard InChI is InChI=1S/C10H8O5/c11-4-6-1-2-7-8(3-6)14-5-9(15-7)10(12)13/h1-4,9H,5H2,(H,12,13). The van der Waals surface area contributed by atoms with E-state index < -0.39 is 12.1 Å². The Balaban J connectivity index is 2.28. The van der Waals surface area contributed by atoms with E-state index in [0.29, 0.717) is 23.3 Å². The molecule has 0 radical (unpaired) electrons. The van der Waals surface area contributed by atoms with E-state index in [4.69, 9.17) is 14.6 Å². The van der Waals surface area contributed by atoms with Gasteiger partial charge in [-0.15, -0.1) is 0 Å². The van der Waals surface area contributed by atoms with Crippen LogP contribution >= 0.6 is 0 Å². The van der Waals surface area contributed by atoms with Crippen molar-refractivity contribution < 1.29 is 24.2 Å². The lowest BCUT2D eigenvalue weighted by molar-refractivity contribution is -0.147. The third-order valence-electron chi connectivity index (χ3n) is 2.04. The maximum Gasteiger partial charge on any atom is 0.348 e. The van der Waals surface area contributed by atoms with Gasteiger partial charge in [-0.05, 0) is 18.2 Å². The van der Waals surface area contributed by atoms with Gasteiger partial charge in [0.2, 0.25) is 6.10 Å². The number of rotatable bonds is 2. The van der Waals surface area contributed by atoms with Crippen molar-refractivity contribution in [3.05, 3.63) is 23.8 Å². The summed E-state index contributed by atoms with van der Waals surface area (Å²) in [6, 6.07) is 4.58. The normalized spacial score (nSPS) is 18.3. The molecular formula is C10H8O5. The van der Waals surface area contributed by atoms with Crippen molar-refractivity contribution in [1.29, 1.82) is 0 Å². The van der Waals surface area contributed by atoms with Crippen LogP contribution in [0.5, 0.6) is 11.5 Å². The maximum atomic E-state index is 10.6. The molecular weight excluding hydrogens is 200 g/mol. The number of carbonyl (C=O) groups excluding carboxylic acids is 1. The number of aldehydes is 1. The summed E-state index contributed by atoms with van der Waals surface area (Å²) in [6.07, 6.45) is -0.299. The molecule has 1 heterocycles. The summed E-state index contributed by atoms with van der Waals surface area (Å²) in [5, 5.41) is 8.70. The maximum absolute atomic E-state index is 10.6. The van der Waals surface area contributed by atoms with Crippen LogP contribution in [0.1, 0.15) is 10.4 Å². The average molecular weight is 208 g/mol. The molecule has 1 aliphatic heterocycles. The number of carboxylic acid groups (broad SMARTS) is 1. The van der Waals surface area contributed by atoms with E-state index in [9.17, 15) is 9.59 Å². The van der Waals surface area contributed by atoms with E-state index >= 15 is 0 Å². The van der Waals surface area contributed by atoms with Gasteiger partial charge in [0.25, 0.3) is 0 Å². The van der Waals surface area contributed by atoms with Gasteiger partial charge in [0.15, 0.2) is 11.5 Å². The topological polar surface area (TPSA) is 72.8 Å². The van der Waals surface area contributed by atoms with Crippen LogP contribution in [0.4, 0.5) is 0 Å². The van der Waals surface area contributed by atoms with E-state index in [1.54, 1.807) is 6.07 Å². The molecule has 0 saturated heterocycles.